The second kappa shape index (κ2) is 10.6. The van der Waals surface area contributed by atoms with E-state index in [9.17, 15) is 36.1 Å². The molecule has 0 bridgehead atoms. The van der Waals surface area contributed by atoms with Gasteiger partial charge in [-0.1, -0.05) is 12.1 Å². The van der Waals surface area contributed by atoms with E-state index in [0.29, 0.717) is 6.07 Å². The molecule has 0 heterocycles. The number of nitrogens with zero attached hydrogens (tertiary/aromatic N) is 3. The van der Waals surface area contributed by atoms with E-state index in [2.05, 4.69) is 10.2 Å². The molecular weight excluding hydrogens is 486 g/mol. The van der Waals surface area contributed by atoms with Gasteiger partial charge in [0, 0.05) is 22.9 Å². The molecule has 0 aliphatic carbocycles. The summed E-state index contributed by atoms with van der Waals surface area (Å²) in [7, 11) is -10.6. The van der Waals surface area contributed by atoms with E-state index in [-0.39, 0.29) is 92.6 Å². The van der Waals surface area contributed by atoms with Gasteiger partial charge in [-0.25, -0.2) is 16.8 Å². The Morgan fingerprint density at radius 2 is 1.34 bits per heavy atom. The van der Waals surface area contributed by atoms with Gasteiger partial charge in [-0.15, -0.1) is 5.11 Å². The number of non-ortho nitro benzene ring substituents is 1. The summed E-state index contributed by atoms with van der Waals surface area (Å²) in [6.07, 6.45) is 0. The first kappa shape index (κ1) is 28.6. The summed E-state index contributed by atoms with van der Waals surface area (Å²) in [5, 5.41) is 18.0. The first-order valence-electron chi connectivity index (χ1n) is 7.83. The van der Waals surface area contributed by atoms with Crippen LogP contribution in [0.2, 0.25) is 0 Å². The van der Waals surface area contributed by atoms with E-state index < -0.39 is 35.0 Å². The van der Waals surface area contributed by atoms with Crippen LogP contribution in [-0.2, 0) is 20.2 Å². The van der Waals surface area contributed by atoms with Crippen molar-refractivity contribution in [2.45, 2.75) is 9.79 Å². The van der Waals surface area contributed by atoms with Crippen molar-refractivity contribution in [3.63, 3.8) is 0 Å². The predicted octanol–water partition coefficient (Wildman–Crippen LogP) is -3.44. The monoisotopic (exact) mass is 496 g/mol. The van der Waals surface area contributed by atoms with Gasteiger partial charge in [0.15, 0.2) is 0 Å². The SMILES string of the molecule is Nc1ccc2c(S(=O)(=O)[O-])c(S(=O)(=O)[O-])ccc2c1N=Nc1ccc([N+](=O)[O-])cc1.[Na+].[Na+]. The van der Waals surface area contributed by atoms with Crippen molar-refractivity contribution in [2.75, 3.05) is 5.73 Å². The molecule has 156 valence electrons. The van der Waals surface area contributed by atoms with E-state index in [0.717, 1.165) is 12.1 Å². The number of benzene rings is 3. The number of fused-ring (bicyclic) bond motifs is 1. The molecule has 0 amide bonds. The minimum Gasteiger partial charge on any atom is -0.744 e. The van der Waals surface area contributed by atoms with Gasteiger partial charge in [0.05, 0.1) is 26.1 Å². The van der Waals surface area contributed by atoms with Crippen LogP contribution in [0.1, 0.15) is 0 Å². The average molecular weight is 496 g/mol. The van der Waals surface area contributed by atoms with Crippen LogP contribution in [0.3, 0.4) is 0 Å². The van der Waals surface area contributed by atoms with Crippen LogP contribution < -0.4 is 64.8 Å². The summed E-state index contributed by atoms with van der Waals surface area (Å²) in [5.41, 5.74) is 5.80. The number of nitro groups is 1. The van der Waals surface area contributed by atoms with Gasteiger partial charge < -0.3 is 14.8 Å². The molecule has 3 aromatic rings. The van der Waals surface area contributed by atoms with Crippen molar-refractivity contribution in [3.05, 3.63) is 58.6 Å². The zero-order chi connectivity index (χ0) is 22.3. The molecule has 2 N–H and O–H groups in total. The fourth-order valence-electron chi connectivity index (χ4n) is 2.67. The third-order valence-corrected chi connectivity index (χ3v) is 5.91. The molecule has 0 unspecified atom stereocenters. The molecule has 3 rings (SSSR count). The molecule has 32 heavy (non-hydrogen) atoms. The smallest absolute Gasteiger partial charge is 0.744 e. The van der Waals surface area contributed by atoms with Crippen LogP contribution in [0.15, 0.2) is 68.6 Å². The average Bonchev–Trinajstić information content (AvgIpc) is 2.65. The van der Waals surface area contributed by atoms with Gasteiger partial charge in [-0.05, 0) is 24.3 Å². The molecule has 0 aliphatic rings. The Morgan fingerprint density at radius 3 is 1.84 bits per heavy atom. The Bertz CT molecular complexity index is 1430. The number of nitrogen functional groups attached to an aromatic ring is 1. The molecule has 0 atom stereocenters. The zero-order valence-electron chi connectivity index (χ0n) is 16.6. The van der Waals surface area contributed by atoms with Crippen LogP contribution >= 0.6 is 0 Å². The Hall–Kier alpha value is -1.46. The van der Waals surface area contributed by atoms with Crippen LogP contribution in [-0.4, -0.2) is 30.9 Å². The second-order valence-electron chi connectivity index (χ2n) is 5.87. The summed E-state index contributed by atoms with van der Waals surface area (Å²) < 4.78 is 69.3. The Kier molecular flexibility index (Phi) is 9.51. The topological polar surface area (TPSA) is 208 Å². The molecule has 0 aliphatic heterocycles. The summed E-state index contributed by atoms with van der Waals surface area (Å²) >= 11 is 0. The summed E-state index contributed by atoms with van der Waals surface area (Å²) in [4.78, 5) is 7.69. The minimum absolute atomic E-state index is 0. The van der Waals surface area contributed by atoms with Crippen LogP contribution in [0.5, 0.6) is 0 Å². The van der Waals surface area contributed by atoms with Crippen molar-refractivity contribution in [1.29, 1.82) is 0 Å². The third-order valence-electron chi connectivity index (χ3n) is 3.96. The van der Waals surface area contributed by atoms with Crippen molar-refractivity contribution in [2.24, 2.45) is 10.2 Å². The van der Waals surface area contributed by atoms with E-state index in [1.165, 1.54) is 30.3 Å². The molecule has 12 nitrogen and oxygen atoms in total. The molecule has 16 heteroatoms. The summed E-state index contributed by atoms with van der Waals surface area (Å²) in [6.45, 7) is 0. The van der Waals surface area contributed by atoms with E-state index in [1.54, 1.807) is 0 Å². The van der Waals surface area contributed by atoms with Crippen LogP contribution in [0, 0.1) is 10.1 Å². The Morgan fingerprint density at radius 1 is 0.781 bits per heavy atom. The van der Waals surface area contributed by atoms with Gasteiger partial charge in [-0.3, -0.25) is 10.1 Å². The fraction of sp³-hybridized carbons (Fsp3) is 0. The largest absolute Gasteiger partial charge is 1.00 e. The predicted molar refractivity (Wildman–Crippen MR) is 102 cm³/mol. The molecule has 0 spiro atoms. The number of anilines is 1. The number of hydrogen-bond acceptors (Lipinski definition) is 11. The second-order valence-corrected chi connectivity index (χ2v) is 8.54. The van der Waals surface area contributed by atoms with E-state index >= 15 is 0 Å². The molecular formula is C16H10N4Na2O8S2. The summed E-state index contributed by atoms with van der Waals surface area (Å²) in [5.74, 6) is 0. The van der Waals surface area contributed by atoms with Gasteiger partial charge in [0.25, 0.3) is 5.69 Å². The summed E-state index contributed by atoms with van der Waals surface area (Å²) in [6, 6.07) is 8.99. The number of nitrogens with two attached hydrogens (primary N) is 1. The van der Waals surface area contributed by atoms with Crippen molar-refractivity contribution >= 4 is 53.8 Å². The first-order chi connectivity index (χ1) is 13.9. The van der Waals surface area contributed by atoms with Crippen molar-refractivity contribution in [3.8, 4) is 0 Å². The van der Waals surface area contributed by atoms with Gasteiger partial charge in [0.1, 0.15) is 25.9 Å². The van der Waals surface area contributed by atoms with E-state index in [1.807, 2.05) is 0 Å². The molecule has 0 saturated carbocycles. The van der Waals surface area contributed by atoms with Crippen molar-refractivity contribution in [1.82, 2.24) is 0 Å². The Labute approximate surface area is 226 Å². The molecule has 0 saturated heterocycles. The maximum Gasteiger partial charge on any atom is 1.00 e. The van der Waals surface area contributed by atoms with Crippen LogP contribution in [0.4, 0.5) is 22.7 Å². The molecule has 0 aromatic heterocycles. The van der Waals surface area contributed by atoms with Crippen molar-refractivity contribution < 1.29 is 90.0 Å². The quantitative estimate of drug-likeness (QED) is 0.0929. The van der Waals surface area contributed by atoms with Gasteiger partial charge in [-0.2, -0.15) is 5.11 Å². The minimum atomic E-state index is -5.36. The fourth-order valence-corrected chi connectivity index (χ4v) is 4.62. The molecule has 3 aromatic carbocycles. The Balaban J connectivity index is 0.00000256. The first-order valence-corrected chi connectivity index (χ1v) is 10.6. The zero-order valence-corrected chi connectivity index (χ0v) is 22.3. The molecule has 0 radical (unpaired) electrons. The van der Waals surface area contributed by atoms with Gasteiger partial charge in [0.2, 0.25) is 0 Å². The van der Waals surface area contributed by atoms with Gasteiger partial charge >= 0.3 is 59.1 Å². The third kappa shape index (κ3) is 6.11. The molecule has 0 fully saturated rings. The number of rotatable bonds is 5. The number of nitro benzene ring substituents is 1. The van der Waals surface area contributed by atoms with Crippen LogP contribution in [0.25, 0.3) is 10.8 Å². The van der Waals surface area contributed by atoms with E-state index in [4.69, 9.17) is 5.73 Å². The number of azo groups is 1. The maximum absolute atomic E-state index is 11.7. The standard InChI is InChI=1S/C16H12N4O8S2.2Na/c17-13-7-5-12-11(6-8-14(29(23,24)25)16(12)30(26,27)28)15(13)19-18-9-1-3-10(4-2-9)20(21)22;;/h1-8H,17H2,(H,23,24,25)(H,26,27,28);;/q;2*+1/p-2. The normalized spacial score (nSPS) is 11.7. The maximum atomic E-state index is 11.7. The number of hydrogen-bond donors (Lipinski definition) is 1.